The lowest BCUT2D eigenvalue weighted by Gasteiger charge is -2.16. The van der Waals surface area contributed by atoms with Gasteiger partial charge in [0.25, 0.3) is 0 Å². The maximum Gasteiger partial charge on any atom is 0.242 e. The van der Waals surface area contributed by atoms with E-state index < -0.39 is 10.0 Å². The highest BCUT2D eigenvalue weighted by molar-refractivity contribution is 7.89. The Morgan fingerprint density at radius 3 is 2.43 bits per heavy atom. The zero-order valence-corrected chi connectivity index (χ0v) is 12.7. The quantitative estimate of drug-likeness (QED) is 0.831. The number of sulfonamides is 1. The molecule has 0 amide bonds. The highest BCUT2D eigenvalue weighted by Crippen LogP contribution is 2.19. The fourth-order valence-electron chi connectivity index (χ4n) is 1.93. The molecule has 21 heavy (non-hydrogen) atoms. The predicted octanol–water partition coefficient (Wildman–Crippen LogP) is 0.376. The zero-order valence-electron chi connectivity index (χ0n) is 11.9. The van der Waals surface area contributed by atoms with Gasteiger partial charge < -0.3 is 10.8 Å². The second-order valence-electron chi connectivity index (χ2n) is 4.67. The Morgan fingerprint density at radius 2 is 1.95 bits per heavy atom. The van der Waals surface area contributed by atoms with Crippen molar-refractivity contribution < 1.29 is 13.5 Å². The van der Waals surface area contributed by atoms with Crippen LogP contribution in [0.4, 0.5) is 5.82 Å². The van der Waals surface area contributed by atoms with Gasteiger partial charge in [0, 0.05) is 19.7 Å². The number of aliphatic hydroxyl groups is 1. The molecule has 0 saturated carbocycles. The molecular weight excluding hydrogens is 292 g/mol. The summed E-state index contributed by atoms with van der Waals surface area (Å²) in [6.45, 7) is 1.65. The lowest BCUT2D eigenvalue weighted by molar-refractivity contribution is 0.266. The third kappa shape index (κ3) is 3.07. The van der Waals surface area contributed by atoms with Crippen molar-refractivity contribution in [3.63, 3.8) is 0 Å². The Hall–Kier alpha value is -1.90. The van der Waals surface area contributed by atoms with Crippen LogP contribution in [-0.2, 0) is 10.0 Å². The molecule has 114 valence electrons. The Morgan fingerprint density at radius 1 is 1.33 bits per heavy atom. The van der Waals surface area contributed by atoms with Crippen LogP contribution in [0.3, 0.4) is 0 Å². The first kappa shape index (κ1) is 15.5. The minimum atomic E-state index is -3.59. The predicted molar refractivity (Wildman–Crippen MR) is 79.6 cm³/mol. The van der Waals surface area contributed by atoms with Crippen LogP contribution < -0.4 is 5.73 Å². The monoisotopic (exact) mass is 310 g/mol. The van der Waals surface area contributed by atoms with Crippen LogP contribution in [-0.4, -0.2) is 47.8 Å². The first-order valence-corrected chi connectivity index (χ1v) is 7.80. The highest BCUT2D eigenvalue weighted by Gasteiger charge is 2.20. The third-order valence-electron chi connectivity index (χ3n) is 3.06. The van der Waals surface area contributed by atoms with Gasteiger partial charge in [-0.2, -0.15) is 9.40 Å². The molecule has 7 nitrogen and oxygen atoms in total. The van der Waals surface area contributed by atoms with Gasteiger partial charge in [-0.05, 0) is 31.2 Å². The fraction of sp³-hybridized carbons (Fsp3) is 0.308. The van der Waals surface area contributed by atoms with E-state index >= 15 is 0 Å². The van der Waals surface area contributed by atoms with Crippen LogP contribution in [0.15, 0.2) is 35.2 Å². The molecule has 0 aliphatic carbocycles. The Labute approximate surface area is 123 Å². The molecule has 1 heterocycles. The molecule has 1 aromatic heterocycles. The number of aryl methyl sites for hydroxylation is 1. The number of aromatic nitrogens is 2. The second-order valence-corrected chi connectivity index (χ2v) is 6.71. The first-order chi connectivity index (χ1) is 9.86. The Balaban J connectivity index is 2.33. The number of hydrogen-bond acceptors (Lipinski definition) is 5. The van der Waals surface area contributed by atoms with Crippen LogP contribution in [0.5, 0.6) is 0 Å². The maximum atomic E-state index is 12.2. The number of nitrogens with two attached hydrogens (primary N) is 1. The van der Waals surface area contributed by atoms with E-state index in [1.165, 1.54) is 19.2 Å². The van der Waals surface area contributed by atoms with Crippen molar-refractivity contribution in [1.29, 1.82) is 0 Å². The number of likely N-dealkylation sites (N-methyl/N-ethyl adjacent to an activating group) is 1. The number of nitrogens with zero attached hydrogens (tertiary/aromatic N) is 3. The van der Waals surface area contributed by atoms with Crippen LogP contribution in [0, 0.1) is 6.92 Å². The van der Waals surface area contributed by atoms with Crippen molar-refractivity contribution in [2.45, 2.75) is 11.8 Å². The van der Waals surface area contributed by atoms with Crippen LogP contribution in [0.2, 0.25) is 0 Å². The molecule has 0 unspecified atom stereocenters. The van der Waals surface area contributed by atoms with E-state index in [4.69, 9.17) is 10.8 Å². The molecule has 0 bridgehead atoms. The van der Waals surface area contributed by atoms with E-state index in [1.807, 2.05) is 6.92 Å². The summed E-state index contributed by atoms with van der Waals surface area (Å²) in [5.74, 6) is 0.487. The minimum Gasteiger partial charge on any atom is -0.395 e. The average Bonchev–Trinajstić information content (AvgIpc) is 2.78. The molecule has 3 N–H and O–H groups in total. The minimum absolute atomic E-state index is 0.0510. The van der Waals surface area contributed by atoms with E-state index in [0.29, 0.717) is 11.5 Å². The lowest BCUT2D eigenvalue weighted by Crippen LogP contribution is -2.29. The molecule has 8 heteroatoms. The summed E-state index contributed by atoms with van der Waals surface area (Å²) in [6, 6.07) is 8.01. The fourth-order valence-corrected chi connectivity index (χ4v) is 3.09. The zero-order chi connectivity index (χ0) is 15.6. The van der Waals surface area contributed by atoms with Gasteiger partial charge in [-0.25, -0.2) is 13.1 Å². The van der Waals surface area contributed by atoms with Crippen molar-refractivity contribution in [2.75, 3.05) is 25.9 Å². The summed E-state index contributed by atoms with van der Waals surface area (Å²) in [7, 11) is -2.17. The van der Waals surface area contributed by atoms with Gasteiger partial charge in [-0.1, -0.05) is 0 Å². The van der Waals surface area contributed by atoms with E-state index in [9.17, 15) is 8.42 Å². The van der Waals surface area contributed by atoms with E-state index in [0.717, 1.165) is 10.00 Å². The SMILES string of the molecule is Cc1cc(N)n(-c2ccc(S(=O)(=O)N(C)CCO)cc2)n1. The molecule has 0 atom stereocenters. The van der Waals surface area contributed by atoms with Crippen molar-refractivity contribution in [1.82, 2.24) is 14.1 Å². The molecule has 0 fully saturated rings. The van der Waals surface area contributed by atoms with Crippen LogP contribution >= 0.6 is 0 Å². The average molecular weight is 310 g/mol. The Kier molecular flexibility index (Phi) is 4.31. The number of anilines is 1. The van der Waals surface area contributed by atoms with Gasteiger partial charge in [-0.15, -0.1) is 0 Å². The molecule has 0 radical (unpaired) electrons. The van der Waals surface area contributed by atoms with Crippen molar-refractivity contribution >= 4 is 15.8 Å². The van der Waals surface area contributed by atoms with E-state index in [1.54, 1.807) is 22.9 Å². The molecule has 0 aliphatic rings. The molecule has 1 aromatic carbocycles. The van der Waals surface area contributed by atoms with E-state index in [-0.39, 0.29) is 18.0 Å². The van der Waals surface area contributed by atoms with Gasteiger partial charge in [0.05, 0.1) is 22.9 Å². The normalized spacial score (nSPS) is 12.0. The molecule has 0 spiro atoms. The second kappa shape index (κ2) is 5.84. The summed E-state index contributed by atoms with van der Waals surface area (Å²) in [4.78, 5) is 0.157. The first-order valence-electron chi connectivity index (χ1n) is 6.36. The summed E-state index contributed by atoms with van der Waals surface area (Å²) < 4.78 is 27.1. The number of benzene rings is 1. The number of aliphatic hydroxyl groups excluding tert-OH is 1. The van der Waals surface area contributed by atoms with Gasteiger partial charge in [0.15, 0.2) is 0 Å². The maximum absolute atomic E-state index is 12.2. The smallest absolute Gasteiger partial charge is 0.242 e. The molecule has 2 rings (SSSR count). The lowest BCUT2D eigenvalue weighted by atomic mass is 10.3. The summed E-state index contributed by atoms with van der Waals surface area (Å²) in [5, 5.41) is 13.1. The standard InChI is InChI=1S/C13H18N4O3S/c1-10-9-13(14)17(15-10)11-3-5-12(6-4-11)21(19,20)16(2)7-8-18/h3-6,9,18H,7-8,14H2,1-2H3. The number of nitrogen functional groups attached to an aromatic ring is 1. The largest absolute Gasteiger partial charge is 0.395 e. The van der Waals surface area contributed by atoms with Crippen molar-refractivity contribution in [2.24, 2.45) is 0 Å². The molecule has 2 aromatic rings. The van der Waals surface area contributed by atoms with Gasteiger partial charge in [0.2, 0.25) is 10.0 Å². The molecule has 0 aliphatic heterocycles. The Bertz CT molecular complexity index is 722. The summed E-state index contributed by atoms with van der Waals surface area (Å²) >= 11 is 0. The van der Waals surface area contributed by atoms with Crippen molar-refractivity contribution in [3.05, 3.63) is 36.0 Å². The highest BCUT2D eigenvalue weighted by atomic mass is 32.2. The topological polar surface area (TPSA) is 101 Å². The van der Waals surface area contributed by atoms with Crippen molar-refractivity contribution in [3.8, 4) is 5.69 Å². The van der Waals surface area contributed by atoms with Crippen LogP contribution in [0.25, 0.3) is 5.69 Å². The third-order valence-corrected chi connectivity index (χ3v) is 4.93. The summed E-state index contributed by atoms with van der Waals surface area (Å²) in [5.41, 5.74) is 7.30. The number of rotatable bonds is 5. The molecule has 0 saturated heterocycles. The van der Waals surface area contributed by atoms with E-state index in [2.05, 4.69) is 5.10 Å². The van der Waals surface area contributed by atoms with Crippen LogP contribution in [0.1, 0.15) is 5.69 Å². The summed E-state index contributed by atoms with van der Waals surface area (Å²) in [6.07, 6.45) is 0. The van der Waals surface area contributed by atoms with Gasteiger partial charge >= 0.3 is 0 Å². The molecular formula is C13H18N4O3S. The van der Waals surface area contributed by atoms with Gasteiger partial charge in [-0.3, -0.25) is 0 Å². The number of hydrogen-bond donors (Lipinski definition) is 2. The van der Waals surface area contributed by atoms with Gasteiger partial charge in [0.1, 0.15) is 5.82 Å².